The minimum absolute atomic E-state index is 0.707. The third-order valence-electron chi connectivity index (χ3n) is 4.46. The molecule has 0 aromatic carbocycles. The van der Waals surface area contributed by atoms with Crippen molar-refractivity contribution in [3.8, 4) is 0 Å². The average Bonchev–Trinajstić information content (AvgIpc) is 2.95. The Bertz CT molecular complexity index is 578. The zero-order chi connectivity index (χ0) is 12.7. The molecule has 2 aromatic heterocycles. The van der Waals surface area contributed by atoms with Crippen LogP contribution in [0.15, 0.2) is 18.6 Å². The molecule has 2 aliphatic rings. The Labute approximate surface area is 112 Å². The summed E-state index contributed by atoms with van der Waals surface area (Å²) in [6.07, 6.45) is 7.70. The molecule has 0 bridgehead atoms. The molecule has 2 aliphatic heterocycles. The number of fused-ring (bicyclic) bond motifs is 2. The number of pyridine rings is 1. The van der Waals surface area contributed by atoms with Crippen LogP contribution in [0.2, 0.25) is 0 Å². The highest BCUT2D eigenvalue weighted by Crippen LogP contribution is 2.27. The second kappa shape index (κ2) is 4.49. The predicted octanol–water partition coefficient (Wildman–Crippen LogP) is 1.63. The van der Waals surface area contributed by atoms with Crippen LogP contribution in [0.5, 0.6) is 0 Å². The van der Waals surface area contributed by atoms with E-state index in [0.717, 1.165) is 36.5 Å². The Morgan fingerprint density at radius 3 is 3.16 bits per heavy atom. The van der Waals surface area contributed by atoms with Crippen molar-refractivity contribution in [3.05, 3.63) is 18.6 Å². The van der Waals surface area contributed by atoms with Crippen LogP contribution in [0.3, 0.4) is 0 Å². The highest BCUT2D eigenvalue weighted by Gasteiger charge is 2.30. The number of aromatic amines is 1. The summed E-state index contributed by atoms with van der Waals surface area (Å²) < 4.78 is 0. The van der Waals surface area contributed by atoms with Gasteiger partial charge in [-0.25, -0.2) is 9.97 Å². The summed E-state index contributed by atoms with van der Waals surface area (Å²) in [6.45, 7) is 4.60. The van der Waals surface area contributed by atoms with E-state index in [1.807, 2.05) is 12.3 Å². The maximum Gasteiger partial charge on any atom is 0.156 e. The molecule has 5 heteroatoms. The van der Waals surface area contributed by atoms with Crippen molar-refractivity contribution in [2.75, 3.05) is 31.1 Å². The van der Waals surface area contributed by atoms with Gasteiger partial charge in [-0.1, -0.05) is 6.42 Å². The lowest BCUT2D eigenvalue weighted by molar-refractivity contribution is 0.133. The van der Waals surface area contributed by atoms with Gasteiger partial charge in [0.15, 0.2) is 5.82 Å². The van der Waals surface area contributed by atoms with E-state index >= 15 is 0 Å². The molecule has 2 saturated heterocycles. The highest BCUT2D eigenvalue weighted by molar-refractivity contribution is 5.85. The molecule has 4 rings (SSSR count). The molecule has 0 amide bonds. The van der Waals surface area contributed by atoms with Gasteiger partial charge >= 0.3 is 0 Å². The summed E-state index contributed by atoms with van der Waals surface area (Å²) >= 11 is 0. The van der Waals surface area contributed by atoms with Crippen LogP contribution < -0.4 is 4.90 Å². The Kier molecular flexibility index (Phi) is 2.65. The van der Waals surface area contributed by atoms with E-state index in [1.54, 1.807) is 6.33 Å². The Morgan fingerprint density at radius 2 is 2.16 bits per heavy atom. The van der Waals surface area contributed by atoms with Crippen molar-refractivity contribution in [1.29, 1.82) is 0 Å². The van der Waals surface area contributed by atoms with Gasteiger partial charge < -0.3 is 9.88 Å². The largest absolute Gasteiger partial charge is 0.352 e. The van der Waals surface area contributed by atoms with E-state index in [-0.39, 0.29) is 0 Å². The van der Waals surface area contributed by atoms with Crippen molar-refractivity contribution in [1.82, 2.24) is 19.9 Å². The van der Waals surface area contributed by atoms with E-state index in [9.17, 15) is 0 Å². The van der Waals surface area contributed by atoms with Crippen molar-refractivity contribution < 1.29 is 0 Å². The topological polar surface area (TPSA) is 48.1 Å². The highest BCUT2D eigenvalue weighted by atomic mass is 15.3. The fraction of sp³-hybridized carbons (Fsp3) is 0.571. The molecule has 1 N–H and O–H groups in total. The second-order valence-electron chi connectivity index (χ2n) is 5.56. The first-order chi connectivity index (χ1) is 9.42. The average molecular weight is 257 g/mol. The van der Waals surface area contributed by atoms with Gasteiger partial charge in [0.2, 0.25) is 0 Å². The summed E-state index contributed by atoms with van der Waals surface area (Å²) in [5.74, 6) is 1.05. The number of piperidine rings is 1. The summed E-state index contributed by atoms with van der Waals surface area (Å²) in [7, 11) is 0. The molecular formula is C14H19N5. The zero-order valence-corrected chi connectivity index (χ0v) is 11.0. The Balaban J connectivity index is 1.64. The fourth-order valence-corrected chi connectivity index (χ4v) is 3.43. The summed E-state index contributed by atoms with van der Waals surface area (Å²) in [5.41, 5.74) is 2.09. The van der Waals surface area contributed by atoms with Gasteiger partial charge in [-0.2, -0.15) is 0 Å². The molecule has 0 saturated carbocycles. The van der Waals surface area contributed by atoms with Crippen LogP contribution in [0, 0.1) is 0 Å². The lowest BCUT2D eigenvalue weighted by atomic mass is 9.99. The van der Waals surface area contributed by atoms with Crippen LogP contribution in [0.4, 0.5) is 5.82 Å². The van der Waals surface area contributed by atoms with Crippen molar-refractivity contribution in [2.45, 2.75) is 25.3 Å². The van der Waals surface area contributed by atoms with Crippen LogP contribution in [0.25, 0.3) is 11.0 Å². The lowest BCUT2D eigenvalue weighted by Gasteiger charge is -2.44. The fourth-order valence-electron chi connectivity index (χ4n) is 3.43. The quantitative estimate of drug-likeness (QED) is 0.843. The van der Waals surface area contributed by atoms with Crippen molar-refractivity contribution >= 4 is 16.9 Å². The summed E-state index contributed by atoms with van der Waals surface area (Å²) in [5, 5.41) is 0. The molecular weight excluding hydrogens is 238 g/mol. The third kappa shape index (κ3) is 1.89. The van der Waals surface area contributed by atoms with Gasteiger partial charge in [0.1, 0.15) is 5.52 Å². The molecule has 19 heavy (non-hydrogen) atoms. The first kappa shape index (κ1) is 11.2. The maximum absolute atomic E-state index is 4.57. The number of hydrogen-bond donors (Lipinski definition) is 1. The predicted molar refractivity (Wildman–Crippen MR) is 75.3 cm³/mol. The van der Waals surface area contributed by atoms with Crippen LogP contribution >= 0.6 is 0 Å². The monoisotopic (exact) mass is 257 g/mol. The molecule has 4 heterocycles. The number of hydrogen-bond acceptors (Lipinski definition) is 4. The van der Waals surface area contributed by atoms with Crippen molar-refractivity contribution in [2.24, 2.45) is 0 Å². The van der Waals surface area contributed by atoms with Gasteiger partial charge in [0, 0.05) is 31.9 Å². The van der Waals surface area contributed by atoms with Crippen LogP contribution in [0.1, 0.15) is 19.3 Å². The number of aromatic nitrogens is 3. The molecule has 1 unspecified atom stereocenters. The zero-order valence-electron chi connectivity index (χ0n) is 11.0. The molecule has 100 valence electrons. The van der Waals surface area contributed by atoms with Gasteiger partial charge in [-0.15, -0.1) is 0 Å². The molecule has 0 spiro atoms. The van der Waals surface area contributed by atoms with Gasteiger partial charge in [-0.05, 0) is 25.5 Å². The number of imidazole rings is 1. The minimum Gasteiger partial charge on any atom is -0.352 e. The van der Waals surface area contributed by atoms with Gasteiger partial charge in [0.25, 0.3) is 0 Å². The number of nitrogens with one attached hydrogen (secondary N) is 1. The molecule has 1 atom stereocenters. The van der Waals surface area contributed by atoms with E-state index in [4.69, 9.17) is 0 Å². The third-order valence-corrected chi connectivity index (χ3v) is 4.46. The number of H-pyrrole nitrogens is 1. The minimum atomic E-state index is 0.707. The van der Waals surface area contributed by atoms with E-state index in [2.05, 4.69) is 24.8 Å². The first-order valence-corrected chi connectivity index (χ1v) is 7.19. The number of rotatable bonds is 1. The maximum atomic E-state index is 4.57. The summed E-state index contributed by atoms with van der Waals surface area (Å²) in [6, 6.07) is 2.70. The molecule has 0 radical (unpaired) electrons. The lowest BCUT2D eigenvalue weighted by Crippen LogP contribution is -2.55. The summed E-state index contributed by atoms with van der Waals surface area (Å²) in [4.78, 5) is 17.2. The molecule has 5 nitrogen and oxygen atoms in total. The van der Waals surface area contributed by atoms with E-state index in [0.29, 0.717) is 6.04 Å². The number of anilines is 1. The van der Waals surface area contributed by atoms with Crippen LogP contribution in [-0.4, -0.2) is 52.1 Å². The second-order valence-corrected chi connectivity index (χ2v) is 5.56. The van der Waals surface area contributed by atoms with E-state index < -0.39 is 0 Å². The normalized spacial score (nSPS) is 24.6. The standard InChI is InChI=1S/C14H19N5/c1-2-6-18-7-8-19(9-11(18)3-1)14-13-12(4-5-15-14)16-10-17-13/h4-5,10-11H,1-3,6-9H2,(H,16,17). The molecule has 2 fully saturated rings. The Morgan fingerprint density at radius 1 is 1.16 bits per heavy atom. The number of nitrogens with zero attached hydrogens (tertiary/aromatic N) is 4. The van der Waals surface area contributed by atoms with Crippen molar-refractivity contribution in [3.63, 3.8) is 0 Å². The van der Waals surface area contributed by atoms with E-state index in [1.165, 1.54) is 25.8 Å². The van der Waals surface area contributed by atoms with Crippen LogP contribution in [-0.2, 0) is 0 Å². The van der Waals surface area contributed by atoms with Gasteiger partial charge in [0.05, 0.1) is 11.8 Å². The SMILES string of the molecule is c1cc2[nH]cnc2c(N2CCN3CCCCC3C2)n1. The molecule has 2 aromatic rings. The number of piperazine rings is 1. The Hall–Kier alpha value is -1.62. The molecule has 0 aliphatic carbocycles. The smallest absolute Gasteiger partial charge is 0.156 e. The first-order valence-electron chi connectivity index (χ1n) is 7.19. The van der Waals surface area contributed by atoms with Gasteiger partial charge in [-0.3, -0.25) is 4.90 Å².